The van der Waals surface area contributed by atoms with Gasteiger partial charge in [-0.3, -0.25) is 4.39 Å². The van der Waals surface area contributed by atoms with Gasteiger partial charge in [0.2, 0.25) is 0 Å². The Morgan fingerprint density at radius 3 is 1.40 bits per heavy atom. The van der Waals surface area contributed by atoms with Crippen molar-refractivity contribution in [3.05, 3.63) is 0 Å². The fourth-order valence-electron chi connectivity index (χ4n) is 6.29. The number of rotatable bonds is 38. The largest absolute Gasteiger partial charge is 0.424 e. The van der Waals surface area contributed by atoms with Gasteiger partial charge in [0.25, 0.3) is 12.5 Å². The Morgan fingerprint density at radius 2 is 1.03 bits per heavy atom. The first-order chi connectivity index (χ1) is 42.4. The second-order valence-electron chi connectivity index (χ2n) is 19.9. The van der Waals surface area contributed by atoms with Gasteiger partial charge in [-0.25, -0.2) is 8.42 Å². The van der Waals surface area contributed by atoms with Crippen molar-refractivity contribution in [1.82, 2.24) is 0 Å². The number of sulfone groups is 1. The predicted molar refractivity (Wildman–Crippen MR) is 329 cm³/mol. The lowest BCUT2D eigenvalue weighted by Crippen LogP contribution is -2.26. The zero-order valence-electron chi connectivity index (χ0n) is 54.5. The average Bonchev–Trinajstić information content (AvgIpc) is 3.67. The molecule has 89 heavy (non-hydrogen) atoms. The van der Waals surface area contributed by atoms with Gasteiger partial charge in [-0.15, -0.1) is 12.3 Å². The van der Waals surface area contributed by atoms with Crippen molar-refractivity contribution >= 4 is 9.84 Å². The second-order valence-corrected chi connectivity index (χ2v) is 22.2. The van der Waals surface area contributed by atoms with Crippen molar-refractivity contribution in [3.8, 4) is 85.5 Å². The quantitative estimate of drug-likeness (QED) is 0.0240. The summed E-state index contributed by atoms with van der Waals surface area (Å²) in [6, 6.07) is 19.9. The van der Waals surface area contributed by atoms with E-state index in [1.54, 1.807) is 13.4 Å². The van der Waals surface area contributed by atoms with Crippen LogP contribution in [0.25, 0.3) is 0 Å². The van der Waals surface area contributed by atoms with Gasteiger partial charge < -0.3 is 28.4 Å². The number of unbranched alkanes of at least 4 members (excludes halogenated alkanes) is 1. The third-order valence-electron chi connectivity index (χ3n) is 11.5. The van der Waals surface area contributed by atoms with Crippen molar-refractivity contribution in [1.29, 1.82) is 63.1 Å². The maximum absolute atomic E-state index is 12.1. The van der Waals surface area contributed by atoms with Gasteiger partial charge >= 0.3 is 6.18 Å². The summed E-state index contributed by atoms with van der Waals surface area (Å²) in [4.78, 5) is 0. The van der Waals surface area contributed by atoms with Crippen LogP contribution < -0.4 is 0 Å². The third kappa shape index (κ3) is 84.8. The third-order valence-corrected chi connectivity index (χ3v) is 13.2. The van der Waals surface area contributed by atoms with E-state index in [1.165, 1.54) is 38.3 Å². The highest BCUT2D eigenvalue weighted by atomic mass is 32.2. The molecular formula is C64H100F4N12O8S. The van der Waals surface area contributed by atoms with E-state index in [-0.39, 0.29) is 37.4 Å². The Hall–Kier alpha value is -7.45. The zero-order valence-corrected chi connectivity index (χ0v) is 55.4. The summed E-state index contributed by atoms with van der Waals surface area (Å²) in [5.41, 5.74) is 0. The molecule has 498 valence electrons. The number of alkyl halides is 4. The zero-order chi connectivity index (χ0) is 69.8. The summed E-state index contributed by atoms with van der Waals surface area (Å²) in [7, 11) is -1.46. The molecule has 8 unspecified atom stereocenters. The minimum atomic E-state index is -4.39. The molecule has 0 N–H and O–H groups in total. The summed E-state index contributed by atoms with van der Waals surface area (Å²) in [5, 5.41) is 98.8. The SMILES string of the molecule is C#CCCCC(C#N)CCC#N.CC(CF)CC(CC#N)C(F)(F)F.CCC(C)CC#N.CCCC(C#N)CC#N.CCCC(C)CC#N.CCCC(CC#N)S(C)(=O)=O.CCCOC(COCCC#N)COCCC#N.COCCC(COC#N)OC#N. The normalized spacial score (nSPS) is 12.2. The molecule has 0 fully saturated rings. The molecule has 0 radical (unpaired) electrons. The second kappa shape index (κ2) is 78.6. The maximum atomic E-state index is 12.1. The minimum Gasteiger partial charge on any atom is -0.424 e. The molecule has 0 spiro atoms. The van der Waals surface area contributed by atoms with Crippen LogP contribution in [0.4, 0.5) is 17.6 Å². The fourth-order valence-corrected chi connectivity index (χ4v) is 7.33. The van der Waals surface area contributed by atoms with E-state index >= 15 is 0 Å². The van der Waals surface area contributed by atoms with Crippen molar-refractivity contribution in [2.75, 3.05) is 66.3 Å². The molecule has 0 aliphatic rings. The van der Waals surface area contributed by atoms with Crippen LogP contribution >= 0.6 is 0 Å². The topological polar surface area (TPSA) is 375 Å². The minimum absolute atomic E-state index is 0.0120. The molecule has 0 rings (SSSR count). The molecule has 0 amide bonds. The van der Waals surface area contributed by atoms with Crippen molar-refractivity contribution < 1.29 is 54.4 Å². The van der Waals surface area contributed by atoms with Crippen LogP contribution in [-0.4, -0.2) is 98.3 Å². The maximum Gasteiger partial charge on any atom is 0.392 e. The van der Waals surface area contributed by atoms with Gasteiger partial charge in [0.15, 0.2) is 9.84 Å². The van der Waals surface area contributed by atoms with Gasteiger partial charge in [-0.05, 0) is 69.1 Å². The summed E-state index contributed by atoms with van der Waals surface area (Å²) < 4.78 is 100. The van der Waals surface area contributed by atoms with E-state index in [4.69, 9.17) is 88.5 Å². The first-order valence-electron chi connectivity index (χ1n) is 29.8. The standard InChI is InChI=1S/C12H20N2O3.C10H12N2.C8H11F4N.C7H10N2O3.C7H10N2.C7H13NO2S.C7H13N.C6H11N/c1-2-7-17-12(10-15-8-3-5-13)11-16-9-4-6-14;1-2-3-4-6-10(9-12)7-5-8-11;1-6(5-9)4-7(2-3-13)8(10,11)12;1-10-3-2-7(12-6-9)4-11-5-8;1-2-3-7(6-9)4-5-8;1-3-4-7(5-6-8)11(2,9)10;1-3-4-7(2)5-6-8;1-3-6(2)4-5-7/h12H,2-4,7-11H2,1H3;1,10H,3-7H2;6-7H,2,4-5H2,1H3;7H,2-4H2,1H3;7H,2-4H2,1H3;7H,3-5H2,1-2H3;7H,3-5H2,1-2H3;6H,3-4H2,1-2H3. The number of ether oxygens (including phenoxy) is 6. The summed E-state index contributed by atoms with van der Waals surface area (Å²) >= 11 is 0. The number of nitrogens with zero attached hydrogens (tertiary/aromatic N) is 12. The van der Waals surface area contributed by atoms with E-state index in [2.05, 4.69) is 67.4 Å². The van der Waals surface area contributed by atoms with Crippen LogP contribution in [0.15, 0.2) is 0 Å². The number of nitriles is 12. The molecule has 0 aromatic rings. The molecule has 0 heterocycles. The first kappa shape index (κ1) is 97.8. The van der Waals surface area contributed by atoms with Gasteiger partial charge in [-0.2, -0.15) is 76.3 Å². The molecule has 0 bridgehead atoms. The lowest BCUT2D eigenvalue weighted by molar-refractivity contribution is -0.177. The summed E-state index contributed by atoms with van der Waals surface area (Å²) in [6.07, 6.45) is 18.0. The molecule has 25 heteroatoms. The van der Waals surface area contributed by atoms with Crippen molar-refractivity contribution in [3.63, 3.8) is 0 Å². The highest BCUT2D eigenvalue weighted by Crippen LogP contribution is 2.33. The Balaban J connectivity index is -0.000000142. The number of methoxy groups -OCH3 is 1. The van der Waals surface area contributed by atoms with Crippen LogP contribution in [0.3, 0.4) is 0 Å². The van der Waals surface area contributed by atoms with Crippen molar-refractivity contribution in [2.45, 2.75) is 220 Å². The van der Waals surface area contributed by atoms with Gasteiger partial charge in [-0.1, -0.05) is 81.1 Å². The Morgan fingerprint density at radius 1 is 0.517 bits per heavy atom. The summed E-state index contributed by atoms with van der Waals surface area (Å²) in [5.74, 6) is 1.36. The van der Waals surface area contributed by atoms with Gasteiger partial charge in [0.1, 0.15) is 18.8 Å². The van der Waals surface area contributed by atoms with E-state index in [0.717, 1.165) is 51.4 Å². The molecule has 8 atom stereocenters. The molecule has 0 aromatic heterocycles. The fraction of sp³-hybridized carbons (Fsp3) is 0.781. The molecule has 0 saturated carbocycles. The number of halogens is 4. The average molecular weight is 1270 g/mol. The highest BCUT2D eigenvalue weighted by molar-refractivity contribution is 7.91. The molecular weight excluding hydrogens is 1170 g/mol. The molecule has 0 aliphatic carbocycles. The lowest BCUT2D eigenvalue weighted by atomic mass is 9.94. The van der Waals surface area contributed by atoms with Crippen molar-refractivity contribution in [2.24, 2.45) is 35.5 Å². The highest BCUT2D eigenvalue weighted by Gasteiger charge is 2.39. The first-order valence-corrected chi connectivity index (χ1v) is 31.7. The Kier molecular flexibility index (Phi) is 86.3. The van der Waals surface area contributed by atoms with Crippen LogP contribution in [-0.2, 0) is 38.3 Å². The molecule has 0 aliphatic heterocycles. The molecule has 0 saturated heterocycles. The van der Waals surface area contributed by atoms with E-state index < -0.39 is 52.3 Å². The monoisotopic (exact) mass is 1270 g/mol. The van der Waals surface area contributed by atoms with E-state index in [0.29, 0.717) is 109 Å². The lowest BCUT2D eigenvalue weighted by Gasteiger charge is -2.19. The number of terminal acetylenes is 1. The van der Waals surface area contributed by atoms with Crippen LogP contribution in [0, 0.1) is 184 Å². The van der Waals surface area contributed by atoms with Crippen LogP contribution in [0.5, 0.6) is 0 Å². The van der Waals surface area contributed by atoms with Gasteiger partial charge in [0.05, 0.1) is 137 Å². The number of hydrogen-bond donors (Lipinski definition) is 0. The number of hydrogen-bond acceptors (Lipinski definition) is 20. The predicted octanol–water partition coefficient (Wildman–Crippen LogP) is 14.6. The van der Waals surface area contributed by atoms with E-state index in [9.17, 15) is 26.0 Å². The molecule has 20 nitrogen and oxygen atoms in total. The van der Waals surface area contributed by atoms with E-state index in [1.807, 2.05) is 51.1 Å². The summed E-state index contributed by atoms with van der Waals surface area (Å²) in [6.45, 7) is 17.9. The smallest absolute Gasteiger partial charge is 0.392 e. The molecule has 0 aromatic carbocycles. The Labute approximate surface area is 532 Å². The van der Waals surface area contributed by atoms with Crippen LogP contribution in [0.1, 0.15) is 197 Å². The Bertz CT molecular complexity index is 2310. The van der Waals surface area contributed by atoms with Gasteiger partial charge in [0, 0.05) is 71.0 Å². The van der Waals surface area contributed by atoms with Crippen LogP contribution in [0.2, 0.25) is 0 Å².